The minimum absolute atomic E-state index is 0.612. The van der Waals surface area contributed by atoms with Gasteiger partial charge in [0.2, 0.25) is 5.82 Å². The van der Waals surface area contributed by atoms with E-state index in [1.54, 1.807) is 17.8 Å². The number of aryl methyl sites for hydroxylation is 1. The molecule has 0 atom stereocenters. The third kappa shape index (κ3) is 1.64. The van der Waals surface area contributed by atoms with E-state index in [-0.39, 0.29) is 0 Å². The summed E-state index contributed by atoms with van der Waals surface area (Å²) in [5, 5.41) is 11.2. The molecule has 7 heteroatoms. The molecule has 0 aliphatic carbocycles. The van der Waals surface area contributed by atoms with Gasteiger partial charge in [-0.2, -0.15) is 4.99 Å². The van der Waals surface area contributed by atoms with E-state index >= 15 is 0 Å². The first kappa shape index (κ1) is 9.22. The Hall–Kier alpha value is -1.34. The van der Waals surface area contributed by atoms with Gasteiger partial charge in [0.15, 0.2) is 0 Å². The van der Waals surface area contributed by atoms with Gasteiger partial charge < -0.3 is 0 Å². The Balaban J connectivity index is 2.55. The lowest BCUT2D eigenvalue weighted by Crippen LogP contribution is -1.98. The number of rotatable bonds is 1. The first-order valence-electron chi connectivity index (χ1n) is 3.72. The summed E-state index contributed by atoms with van der Waals surface area (Å²) in [6, 6.07) is 0. The highest BCUT2D eigenvalue weighted by Crippen LogP contribution is 2.23. The number of allylic oxidation sites excluding steroid dienone is 2. The van der Waals surface area contributed by atoms with E-state index in [1.165, 1.54) is 6.34 Å². The van der Waals surface area contributed by atoms with Crippen molar-refractivity contribution in [3.05, 3.63) is 15.5 Å². The predicted molar refractivity (Wildman–Crippen MR) is 60.2 cm³/mol. The van der Waals surface area contributed by atoms with E-state index in [0.717, 1.165) is 3.58 Å². The van der Waals surface area contributed by atoms with Gasteiger partial charge in [-0.05, 0) is 38.9 Å². The van der Waals surface area contributed by atoms with Gasteiger partial charge in [0.05, 0.1) is 3.58 Å². The number of tetrazole rings is 1. The molecule has 0 spiro atoms. The molecule has 0 saturated carbocycles. The molecule has 1 aliphatic rings. The summed E-state index contributed by atoms with van der Waals surface area (Å²) in [6.07, 6.45) is 3.16. The summed E-state index contributed by atoms with van der Waals surface area (Å²) in [7, 11) is 1.76. The summed E-state index contributed by atoms with van der Waals surface area (Å²) >= 11 is 2.14. The molecule has 1 aliphatic heterocycles. The van der Waals surface area contributed by atoms with Crippen LogP contribution < -0.4 is 0 Å². The molecule has 6 nitrogen and oxygen atoms in total. The Morgan fingerprint density at radius 1 is 1.50 bits per heavy atom. The van der Waals surface area contributed by atoms with E-state index in [4.69, 9.17) is 0 Å². The average Bonchev–Trinajstić information content (AvgIpc) is 2.46. The Labute approximate surface area is 93.3 Å². The Morgan fingerprint density at radius 3 is 3.07 bits per heavy atom. The molecule has 0 radical (unpaired) electrons. The summed E-state index contributed by atoms with van der Waals surface area (Å²) in [4.78, 5) is 7.92. The zero-order chi connectivity index (χ0) is 9.97. The largest absolute Gasteiger partial charge is 0.231 e. The number of aromatic nitrogens is 4. The molecular formula is C7H5IN6. The molecule has 0 saturated heterocycles. The predicted octanol–water partition coefficient (Wildman–Crippen LogP) is 0.581. The minimum atomic E-state index is 0.612. The van der Waals surface area contributed by atoms with Crippen molar-refractivity contribution < 1.29 is 0 Å². The van der Waals surface area contributed by atoms with Crippen LogP contribution >= 0.6 is 22.6 Å². The molecule has 0 fully saturated rings. The third-order valence-corrected chi connectivity index (χ3v) is 2.39. The molecule has 2 heterocycles. The zero-order valence-electron chi connectivity index (χ0n) is 7.22. The highest BCUT2D eigenvalue weighted by molar-refractivity contribution is 14.1. The molecule has 2 rings (SSSR count). The molecule has 0 amide bonds. The van der Waals surface area contributed by atoms with Crippen LogP contribution in [0, 0.1) is 0 Å². The fourth-order valence-corrected chi connectivity index (χ4v) is 1.46. The van der Waals surface area contributed by atoms with E-state index < -0.39 is 0 Å². The quantitative estimate of drug-likeness (QED) is 0.713. The Kier molecular flexibility index (Phi) is 2.51. The van der Waals surface area contributed by atoms with Crippen LogP contribution in [0.15, 0.2) is 19.6 Å². The molecular weight excluding hydrogens is 295 g/mol. The van der Waals surface area contributed by atoms with Crippen molar-refractivity contribution in [3.63, 3.8) is 0 Å². The highest BCUT2D eigenvalue weighted by atomic mass is 127. The van der Waals surface area contributed by atoms with Crippen molar-refractivity contribution in [1.29, 1.82) is 0 Å². The average molecular weight is 300 g/mol. The number of hydrogen-bond donors (Lipinski definition) is 0. The fourth-order valence-electron chi connectivity index (χ4n) is 0.939. The highest BCUT2D eigenvalue weighted by Gasteiger charge is 2.11. The maximum Gasteiger partial charge on any atom is 0.201 e. The molecule has 0 unspecified atom stereocenters. The molecule has 0 N–H and O–H groups in total. The van der Waals surface area contributed by atoms with Crippen molar-refractivity contribution in [2.75, 3.05) is 0 Å². The van der Waals surface area contributed by atoms with E-state index in [0.29, 0.717) is 11.5 Å². The smallest absolute Gasteiger partial charge is 0.201 e. The fraction of sp³-hybridized carbons (Fsp3) is 0.143. The van der Waals surface area contributed by atoms with Crippen molar-refractivity contribution in [3.8, 4) is 0 Å². The molecule has 14 heavy (non-hydrogen) atoms. The Bertz CT molecular complexity index is 476. The lowest BCUT2D eigenvalue weighted by molar-refractivity contribution is 0.704. The van der Waals surface area contributed by atoms with Crippen LogP contribution in [0.5, 0.6) is 0 Å². The van der Waals surface area contributed by atoms with Gasteiger partial charge in [-0.3, -0.25) is 0 Å². The number of aliphatic imine (C=N–C) groups is 2. The van der Waals surface area contributed by atoms with Crippen LogP contribution in [0.25, 0.3) is 5.70 Å². The molecule has 1 aromatic heterocycles. The van der Waals surface area contributed by atoms with Crippen molar-refractivity contribution in [1.82, 2.24) is 20.2 Å². The monoisotopic (exact) mass is 300 g/mol. The second-order valence-electron chi connectivity index (χ2n) is 2.47. The van der Waals surface area contributed by atoms with Gasteiger partial charge in [-0.15, -0.1) is 5.10 Å². The normalized spacial score (nSPS) is 15.0. The van der Waals surface area contributed by atoms with Crippen molar-refractivity contribution in [2.45, 2.75) is 0 Å². The van der Waals surface area contributed by atoms with Gasteiger partial charge >= 0.3 is 0 Å². The number of nitrogens with zero attached hydrogens (tertiary/aromatic N) is 6. The summed E-state index contributed by atoms with van der Waals surface area (Å²) < 4.78 is 2.46. The van der Waals surface area contributed by atoms with Gasteiger partial charge in [0, 0.05) is 13.1 Å². The lowest BCUT2D eigenvalue weighted by atomic mass is 10.4. The Morgan fingerprint density at radius 2 is 2.36 bits per heavy atom. The molecule has 70 valence electrons. The summed E-state index contributed by atoms with van der Waals surface area (Å²) in [5.41, 5.74) is 0.701. The van der Waals surface area contributed by atoms with Crippen LogP contribution in [-0.4, -0.2) is 32.4 Å². The first-order chi connectivity index (χ1) is 6.79. The second-order valence-corrected chi connectivity index (χ2v) is 3.63. The van der Waals surface area contributed by atoms with Crippen molar-refractivity contribution >= 4 is 40.5 Å². The van der Waals surface area contributed by atoms with E-state index in [9.17, 15) is 0 Å². The van der Waals surface area contributed by atoms with Gasteiger partial charge in [0.25, 0.3) is 0 Å². The SMILES string of the molecule is Cn1nnnc1C1=C(I)C=C=NC=N1. The summed E-state index contributed by atoms with van der Waals surface area (Å²) in [6.45, 7) is 0. The molecule has 0 aromatic carbocycles. The number of halogens is 1. The van der Waals surface area contributed by atoms with Gasteiger partial charge in [0.1, 0.15) is 12.0 Å². The minimum Gasteiger partial charge on any atom is -0.231 e. The van der Waals surface area contributed by atoms with E-state index in [2.05, 4.69) is 54.0 Å². The van der Waals surface area contributed by atoms with Crippen molar-refractivity contribution in [2.24, 2.45) is 17.0 Å². The van der Waals surface area contributed by atoms with E-state index in [1.807, 2.05) is 0 Å². The maximum atomic E-state index is 4.13. The lowest BCUT2D eigenvalue weighted by Gasteiger charge is -1.98. The first-order valence-corrected chi connectivity index (χ1v) is 4.80. The number of hydrogen-bond acceptors (Lipinski definition) is 5. The van der Waals surface area contributed by atoms with Gasteiger partial charge in [-0.25, -0.2) is 9.67 Å². The maximum absolute atomic E-state index is 4.13. The van der Waals surface area contributed by atoms with Crippen LogP contribution in [0.2, 0.25) is 0 Å². The van der Waals surface area contributed by atoms with Crippen LogP contribution in [0.3, 0.4) is 0 Å². The second kappa shape index (κ2) is 3.81. The van der Waals surface area contributed by atoms with Crippen LogP contribution in [0.1, 0.15) is 5.82 Å². The summed E-state index contributed by atoms with van der Waals surface area (Å²) in [5.74, 6) is 3.33. The van der Waals surface area contributed by atoms with Crippen LogP contribution in [-0.2, 0) is 7.05 Å². The molecule has 0 bridgehead atoms. The third-order valence-electron chi connectivity index (χ3n) is 1.57. The van der Waals surface area contributed by atoms with Crippen LogP contribution in [0.4, 0.5) is 0 Å². The zero-order valence-corrected chi connectivity index (χ0v) is 9.37. The standard InChI is InChI=1S/C7H5IN6/c1-14-7(11-12-13-14)6-5(8)2-3-9-4-10-6/h2,4H,1H3. The molecule has 1 aromatic rings. The van der Waals surface area contributed by atoms with Gasteiger partial charge in [-0.1, -0.05) is 0 Å². The topological polar surface area (TPSA) is 68.3 Å².